The second-order valence-corrected chi connectivity index (χ2v) is 6.24. The molecule has 0 aromatic heterocycles. The predicted octanol–water partition coefficient (Wildman–Crippen LogP) is 1.04. The van der Waals surface area contributed by atoms with E-state index in [9.17, 15) is 22.8 Å². The van der Waals surface area contributed by atoms with Crippen molar-refractivity contribution in [1.82, 2.24) is 20.4 Å². The molecule has 0 aliphatic carbocycles. The first-order chi connectivity index (χ1) is 10.6. The summed E-state index contributed by atoms with van der Waals surface area (Å²) in [4.78, 5) is 26.2. The topological polar surface area (TPSA) is 64.7 Å². The molecule has 1 heterocycles. The summed E-state index contributed by atoms with van der Waals surface area (Å²) in [7, 11) is 0. The first-order valence-electron chi connectivity index (χ1n) is 7.68. The van der Waals surface area contributed by atoms with Crippen molar-refractivity contribution in [3.05, 3.63) is 0 Å². The molecule has 0 aromatic rings. The van der Waals surface area contributed by atoms with Crippen LogP contribution in [0.2, 0.25) is 0 Å². The fourth-order valence-electron chi connectivity index (χ4n) is 2.29. The van der Waals surface area contributed by atoms with Gasteiger partial charge in [-0.25, -0.2) is 4.79 Å². The van der Waals surface area contributed by atoms with E-state index >= 15 is 0 Å². The lowest BCUT2D eigenvalue weighted by molar-refractivity contribution is -0.153. The van der Waals surface area contributed by atoms with E-state index in [1.807, 2.05) is 13.8 Å². The zero-order valence-corrected chi connectivity index (χ0v) is 13.7. The third-order valence-corrected chi connectivity index (χ3v) is 3.54. The molecule has 0 radical (unpaired) electrons. The highest BCUT2D eigenvalue weighted by Gasteiger charge is 2.35. The van der Waals surface area contributed by atoms with Gasteiger partial charge >= 0.3 is 12.2 Å². The Bertz CT molecular complexity index is 415. The molecular formula is C14H25F3N4O2. The molecule has 3 amide bonds. The van der Waals surface area contributed by atoms with Crippen LogP contribution >= 0.6 is 0 Å². The monoisotopic (exact) mass is 338 g/mol. The summed E-state index contributed by atoms with van der Waals surface area (Å²) in [5.74, 6) is 0.0352. The number of halogens is 3. The number of carbonyl (C=O) groups is 2. The van der Waals surface area contributed by atoms with Crippen LogP contribution in [0.4, 0.5) is 18.0 Å². The summed E-state index contributed by atoms with van der Waals surface area (Å²) in [6.07, 6.45) is -4.24. The van der Waals surface area contributed by atoms with E-state index in [1.165, 1.54) is 9.80 Å². The minimum atomic E-state index is -4.24. The lowest BCUT2D eigenvalue weighted by atomic mass is 10.2. The van der Waals surface area contributed by atoms with Crippen molar-refractivity contribution in [2.75, 3.05) is 39.3 Å². The molecule has 134 valence electrons. The van der Waals surface area contributed by atoms with Crippen LogP contribution in [0.5, 0.6) is 0 Å². The van der Waals surface area contributed by atoms with Gasteiger partial charge in [0.15, 0.2) is 0 Å². The largest absolute Gasteiger partial charge is 0.401 e. The fourth-order valence-corrected chi connectivity index (χ4v) is 2.29. The average molecular weight is 338 g/mol. The fraction of sp³-hybridized carbons (Fsp3) is 0.857. The van der Waals surface area contributed by atoms with Crippen LogP contribution in [0.3, 0.4) is 0 Å². The number of hydrogen-bond donors (Lipinski definition) is 2. The third-order valence-electron chi connectivity index (χ3n) is 3.54. The average Bonchev–Trinajstić information content (AvgIpc) is 2.43. The maximum atomic E-state index is 12.4. The number of nitrogens with one attached hydrogen (secondary N) is 2. The third kappa shape index (κ3) is 7.54. The highest BCUT2D eigenvalue weighted by atomic mass is 19.4. The first kappa shape index (κ1) is 19.5. The van der Waals surface area contributed by atoms with Gasteiger partial charge in [-0.15, -0.1) is 0 Å². The van der Waals surface area contributed by atoms with Crippen molar-refractivity contribution in [2.45, 2.75) is 33.0 Å². The number of piperazine rings is 1. The molecular weight excluding hydrogens is 313 g/mol. The molecule has 0 saturated carbocycles. The summed E-state index contributed by atoms with van der Waals surface area (Å²) in [5.41, 5.74) is 0. The Balaban J connectivity index is 2.35. The number of nitrogens with zero attached hydrogens (tertiary/aromatic N) is 2. The maximum Gasteiger partial charge on any atom is 0.401 e. The maximum absolute atomic E-state index is 12.4. The van der Waals surface area contributed by atoms with Gasteiger partial charge in [-0.1, -0.05) is 13.8 Å². The Labute approximate surface area is 134 Å². The molecule has 9 heteroatoms. The molecule has 1 atom stereocenters. The van der Waals surface area contributed by atoms with Crippen LogP contribution in [0.15, 0.2) is 0 Å². The normalized spacial score (nSPS) is 19.8. The molecule has 1 rings (SSSR count). The molecule has 0 spiro atoms. The molecule has 1 aliphatic rings. The van der Waals surface area contributed by atoms with E-state index in [0.29, 0.717) is 12.5 Å². The van der Waals surface area contributed by atoms with Gasteiger partial charge in [0.25, 0.3) is 0 Å². The van der Waals surface area contributed by atoms with Crippen molar-refractivity contribution in [3.63, 3.8) is 0 Å². The predicted molar refractivity (Wildman–Crippen MR) is 79.9 cm³/mol. The van der Waals surface area contributed by atoms with Crippen molar-refractivity contribution in [3.8, 4) is 0 Å². The molecule has 6 nitrogen and oxygen atoms in total. The van der Waals surface area contributed by atoms with Gasteiger partial charge in [0.1, 0.15) is 0 Å². The molecule has 2 N–H and O–H groups in total. The second-order valence-electron chi connectivity index (χ2n) is 6.24. The van der Waals surface area contributed by atoms with Crippen molar-refractivity contribution >= 4 is 11.9 Å². The highest BCUT2D eigenvalue weighted by molar-refractivity contribution is 5.83. The van der Waals surface area contributed by atoms with Crippen molar-refractivity contribution in [2.24, 2.45) is 5.92 Å². The summed E-state index contributed by atoms with van der Waals surface area (Å²) < 4.78 is 37.3. The zero-order valence-electron chi connectivity index (χ0n) is 13.7. The van der Waals surface area contributed by atoms with E-state index in [0.717, 1.165) is 0 Å². The molecule has 1 aliphatic heterocycles. The van der Waals surface area contributed by atoms with Crippen LogP contribution in [0.25, 0.3) is 0 Å². The number of alkyl halides is 3. The first-order valence-corrected chi connectivity index (χ1v) is 7.68. The Kier molecular flexibility index (Phi) is 7.11. The summed E-state index contributed by atoms with van der Waals surface area (Å²) in [6.45, 7) is 5.57. The number of urea groups is 1. The SMILES string of the molecule is CC(C)CNC(=O)CNC(=O)N1CCN(CC(F)(F)F)[C@@H](C)C1. The summed E-state index contributed by atoms with van der Waals surface area (Å²) in [5, 5.41) is 5.17. The highest BCUT2D eigenvalue weighted by Crippen LogP contribution is 2.20. The standard InChI is InChI=1S/C14H25F3N4O2/c1-10(2)6-18-12(22)7-19-13(23)20-4-5-21(11(3)8-20)9-14(15,16)17/h10-11H,4-9H2,1-3H3,(H,18,22)(H,19,23)/t11-/m0/s1. The Morgan fingerprint density at radius 2 is 1.87 bits per heavy atom. The smallest absolute Gasteiger partial charge is 0.354 e. The summed E-state index contributed by atoms with van der Waals surface area (Å²) in [6, 6.07) is -0.811. The molecule has 1 fully saturated rings. The number of rotatable bonds is 5. The number of carbonyl (C=O) groups excluding carboxylic acids is 2. The van der Waals surface area contributed by atoms with Crippen molar-refractivity contribution < 1.29 is 22.8 Å². The molecule has 0 bridgehead atoms. The number of amides is 3. The number of hydrogen-bond acceptors (Lipinski definition) is 3. The van der Waals surface area contributed by atoms with Crippen molar-refractivity contribution in [1.29, 1.82) is 0 Å². The molecule has 23 heavy (non-hydrogen) atoms. The summed E-state index contributed by atoms with van der Waals surface area (Å²) >= 11 is 0. The minimum Gasteiger partial charge on any atom is -0.354 e. The van der Waals surface area contributed by atoms with E-state index in [-0.39, 0.29) is 38.1 Å². The van der Waals surface area contributed by atoms with Crippen LogP contribution < -0.4 is 10.6 Å². The minimum absolute atomic E-state index is 0.136. The second kappa shape index (κ2) is 8.37. The van der Waals surface area contributed by atoms with Crippen LogP contribution in [-0.2, 0) is 4.79 Å². The van der Waals surface area contributed by atoms with Crippen LogP contribution in [0, 0.1) is 5.92 Å². The van der Waals surface area contributed by atoms with Gasteiger partial charge < -0.3 is 15.5 Å². The van der Waals surface area contributed by atoms with Gasteiger partial charge in [-0.3, -0.25) is 9.69 Å². The van der Waals surface area contributed by atoms with E-state index in [2.05, 4.69) is 10.6 Å². The van der Waals surface area contributed by atoms with E-state index in [4.69, 9.17) is 0 Å². The Hall–Kier alpha value is -1.51. The van der Waals surface area contributed by atoms with Gasteiger partial charge in [-0.2, -0.15) is 13.2 Å². The van der Waals surface area contributed by atoms with Gasteiger partial charge in [0.05, 0.1) is 13.1 Å². The molecule has 0 aromatic carbocycles. The Morgan fingerprint density at radius 3 is 2.39 bits per heavy atom. The molecule has 1 saturated heterocycles. The lowest BCUT2D eigenvalue weighted by Crippen LogP contribution is -2.57. The van der Waals surface area contributed by atoms with Crippen LogP contribution in [0.1, 0.15) is 20.8 Å². The van der Waals surface area contributed by atoms with E-state index in [1.54, 1.807) is 6.92 Å². The zero-order chi connectivity index (χ0) is 17.6. The van der Waals surface area contributed by atoms with Gasteiger partial charge in [0.2, 0.25) is 5.91 Å². The van der Waals surface area contributed by atoms with Crippen LogP contribution in [-0.4, -0.2) is 73.2 Å². The van der Waals surface area contributed by atoms with Gasteiger partial charge in [0, 0.05) is 32.2 Å². The van der Waals surface area contributed by atoms with Gasteiger partial charge in [-0.05, 0) is 12.8 Å². The Morgan fingerprint density at radius 1 is 1.22 bits per heavy atom. The lowest BCUT2D eigenvalue weighted by Gasteiger charge is -2.39. The molecule has 0 unspecified atom stereocenters. The quantitative estimate of drug-likeness (QED) is 0.787. The van der Waals surface area contributed by atoms with E-state index < -0.39 is 18.8 Å².